The minimum atomic E-state index is -1.33. The van der Waals surface area contributed by atoms with E-state index in [0.717, 1.165) is 5.56 Å². The SMILES string of the molecule is CC(=O)c1ccc(CB(O)O)cc1. The first kappa shape index (κ1) is 9.96. The van der Waals surface area contributed by atoms with Crippen molar-refractivity contribution in [1.82, 2.24) is 0 Å². The molecule has 2 N–H and O–H groups in total. The summed E-state index contributed by atoms with van der Waals surface area (Å²) in [6, 6.07) is 6.80. The van der Waals surface area contributed by atoms with Crippen molar-refractivity contribution >= 4 is 12.9 Å². The van der Waals surface area contributed by atoms with Gasteiger partial charge < -0.3 is 10.0 Å². The molecule has 0 saturated heterocycles. The highest BCUT2D eigenvalue weighted by atomic mass is 16.4. The maximum Gasteiger partial charge on any atom is 0.456 e. The summed E-state index contributed by atoms with van der Waals surface area (Å²) in [6.07, 6.45) is 0.193. The number of carbonyl (C=O) groups is 1. The van der Waals surface area contributed by atoms with E-state index in [1.165, 1.54) is 6.92 Å². The Balaban J connectivity index is 2.75. The lowest BCUT2D eigenvalue weighted by atomic mass is 9.82. The van der Waals surface area contributed by atoms with Gasteiger partial charge in [0.05, 0.1) is 0 Å². The third kappa shape index (κ3) is 3.01. The highest BCUT2D eigenvalue weighted by Crippen LogP contribution is 2.05. The smallest absolute Gasteiger partial charge is 0.427 e. The molecule has 1 rings (SSSR count). The van der Waals surface area contributed by atoms with E-state index in [9.17, 15) is 4.79 Å². The van der Waals surface area contributed by atoms with Gasteiger partial charge in [-0.2, -0.15) is 0 Å². The molecule has 68 valence electrons. The van der Waals surface area contributed by atoms with Gasteiger partial charge in [0.15, 0.2) is 5.78 Å². The minimum Gasteiger partial charge on any atom is -0.427 e. The molecule has 0 aliphatic rings. The molecule has 0 saturated carbocycles. The van der Waals surface area contributed by atoms with Crippen LogP contribution in [0.2, 0.25) is 0 Å². The number of hydrogen-bond donors (Lipinski definition) is 2. The number of carbonyl (C=O) groups excluding carboxylic acids is 1. The fourth-order valence-corrected chi connectivity index (χ4v) is 1.09. The average Bonchev–Trinajstić information content (AvgIpc) is 2.04. The van der Waals surface area contributed by atoms with Gasteiger partial charge in [0.1, 0.15) is 0 Å². The molecule has 0 radical (unpaired) electrons. The molecule has 1 aromatic carbocycles. The molecule has 0 unspecified atom stereocenters. The zero-order valence-corrected chi connectivity index (χ0v) is 7.40. The lowest BCUT2D eigenvalue weighted by Crippen LogP contribution is -2.15. The number of rotatable bonds is 3. The quantitative estimate of drug-likeness (QED) is 0.521. The van der Waals surface area contributed by atoms with Gasteiger partial charge in [0.25, 0.3) is 0 Å². The number of hydrogen-bond acceptors (Lipinski definition) is 3. The van der Waals surface area contributed by atoms with Crippen molar-refractivity contribution in [3.05, 3.63) is 35.4 Å². The van der Waals surface area contributed by atoms with Crippen LogP contribution in [0.1, 0.15) is 22.8 Å². The van der Waals surface area contributed by atoms with Crippen LogP contribution in [0, 0.1) is 0 Å². The van der Waals surface area contributed by atoms with E-state index in [0.29, 0.717) is 5.56 Å². The molecule has 0 bridgehead atoms. The van der Waals surface area contributed by atoms with Gasteiger partial charge in [0.2, 0.25) is 0 Å². The van der Waals surface area contributed by atoms with Gasteiger partial charge in [-0.3, -0.25) is 4.79 Å². The molecule has 0 spiro atoms. The Hall–Kier alpha value is -1.13. The highest BCUT2D eigenvalue weighted by molar-refractivity contribution is 6.40. The Morgan fingerprint density at radius 3 is 2.23 bits per heavy atom. The molecular formula is C9H11BO3. The molecule has 13 heavy (non-hydrogen) atoms. The van der Waals surface area contributed by atoms with E-state index in [1.54, 1.807) is 24.3 Å². The van der Waals surface area contributed by atoms with Crippen molar-refractivity contribution in [3.8, 4) is 0 Å². The van der Waals surface area contributed by atoms with Crippen LogP contribution < -0.4 is 0 Å². The molecule has 0 aliphatic heterocycles. The maximum absolute atomic E-state index is 10.9. The Labute approximate surface area is 77.2 Å². The molecule has 0 aromatic heterocycles. The second kappa shape index (κ2) is 4.21. The summed E-state index contributed by atoms with van der Waals surface area (Å²) >= 11 is 0. The van der Waals surface area contributed by atoms with Crippen molar-refractivity contribution in [2.45, 2.75) is 13.2 Å². The lowest BCUT2D eigenvalue weighted by Gasteiger charge is -2.00. The Kier molecular flexibility index (Phi) is 3.22. The molecule has 0 aliphatic carbocycles. The van der Waals surface area contributed by atoms with Crippen molar-refractivity contribution in [2.75, 3.05) is 0 Å². The van der Waals surface area contributed by atoms with Crippen molar-refractivity contribution < 1.29 is 14.8 Å². The first-order chi connectivity index (χ1) is 6.09. The third-order valence-electron chi connectivity index (χ3n) is 1.78. The number of Topliss-reactive ketones (excluding diaryl/α,β-unsaturated/α-hetero) is 1. The van der Waals surface area contributed by atoms with Crippen LogP contribution >= 0.6 is 0 Å². The normalized spacial score (nSPS) is 9.77. The van der Waals surface area contributed by atoms with Gasteiger partial charge in [-0.05, 0) is 12.5 Å². The Bertz CT molecular complexity index is 292. The molecule has 0 atom stereocenters. The summed E-state index contributed by atoms with van der Waals surface area (Å²) in [6.45, 7) is 1.50. The van der Waals surface area contributed by atoms with Crippen LogP contribution in [0.15, 0.2) is 24.3 Å². The van der Waals surface area contributed by atoms with Crippen LogP contribution in [0.25, 0.3) is 0 Å². The van der Waals surface area contributed by atoms with E-state index in [4.69, 9.17) is 10.0 Å². The topological polar surface area (TPSA) is 57.5 Å². The monoisotopic (exact) mass is 178 g/mol. The minimum absolute atomic E-state index is 0.0103. The summed E-state index contributed by atoms with van der Waals surface area (Å²) in [4.78, 5) is 10.9. The van der Waals surface area contributed by atoms with E-state index in [-0.39, 0.29) is 12.1 Å². The molecule has 3 nitrogen and oxygen atoms in total. The van der Waals surface area contributed by atoms with Gasteiger partial charge >= 0.3 is 7.12 Å². The maximum atomic E-state index is 10.9. The zero-order chi connectivity index (χ0) is 9.84. The largest absolute Gasteiger partial charge is 0.456 e. The summed E-state index contributed by atoms with van der Waals surface area (Å²) in [7, 11) is -1.33. The van der Waals surface area contributed by atoms with E-state index in [2.05, 4.69) is 0 Å². The van der Waals surface area contributed by atoms with E-state index < -0.39 is 7.12 Å². The lowest BCUT2D eigenvalue weighted by molar-refractivity contribution is 0.101. The van der Waals surface area contributed by atoms with Crippen LogP contribution in [0.3, 0.4) is 0 Å². The van der Waals surface area contributed by atoms with Crippen molar-refractivity contribution in [3.63, 3.8) is 0 Å². The van der Waals surface area contributed by atoms with Gasteiger partial charge in [-0.15, -0.1) is 0 Å². The second-order valence-electron chi connectivity index (χ2n) is 2.94. The first-order valence-electron chi connectivity index (χ1n) is 4.05. The summed E-state index contributed by atoms with van der Waals surface area (Å²) < 4.78 is 0. The molecule has 0 amide bonds. The number of benzene rings is 1. The van der Waals surface area contributed by atoms with E-state index in [1.807, 2.05) is 0 Å². The highest BCUT2D eigenvalue weighted by Gasteiger charge is 2.07. The summed E-state index contributed by atoms with van der Waals surface area (Å²) in [5.41, 5.74) is 1.44. The fourth-order valence-electron chi connectivity index (χ4n) is 1.09. The fraction of sp³-hybridized carbons (Fsp3) is 0.222. The van der Waals surface area contributed by atoms with Crippen LogP contribution in [0.4, 0.5) is 0 Å². The Morgan fingerprint density at radius 2 is 1.85 bits per heavy atom. The van der Waals surface area contributed by atoms with Gasteiger partial charge in [0, 0.05) is 11.9 Å². The average molecular weight is 178 g/mol. The van der Waals surface area contributed by atoms with Crippen molar-refractivity contribution in [1.29, 1.82) is 0 Å². The summed E-state index contributed by atoms with van der Waals surface area (Å²) in [5, 5.41) is 17.3. The molecule has 1 aromatic rings. The molecule has 4 heteroatoms. The van der Waals surface area contributed by atoms with E-state index >= 15 is 0 Å². The van der Waals surface area contributed by atoms with Crippen LogP contribution in [-0.2, 0) is 6.32 Å². The zero-order valence-electron chi connectivity index (χ0n) is 7.40. The van der Waals surface area contributed by atoms with Gasteiger partial charge in [-0.25, -0.2) is 0 Å². The van der Waals surface area contributed by atoms with Crippen LogP contribution in [-0.4, -0.2) is 22.9 Å². The standard InChI is InChI=1S/C9H11BO3/c1-7(11)9-4-2-8(3-5-9)6-10(12)13/h2-5,12-13H,6H2,1H3. The molecule has 0 heterocycles. The second-order valence-corrected chi connectivity index (χ2v) is 2.94. The third-order valence-corrected chi connectivity index (χ3v) is 1.78. The van der Waals surface area contributed by atoms with Crippen LogP contribution in [0.5, 0.6) is 0 Å². The predicted octanol–water partition coefficient (Wildman–Crippen LogP) is 0.444. The van der Waals surface area contributed by atoms with Crippen molar-refractivity contribution in [2.24, 2.45) is 0 Å². The first-order valence-corrected chi connectivity index (χ1v) is 4.05. The predicted molar refractivity (Wildman–Crippen MR) is 50.3 cm³/mol. The summed E-state index contributed by atoms with van der Waals surface area (Å²) in [5.74, 6) is 0.0103. The molecular weight excluding hydrogens is 167 g/mol. The number of ketones is 1. The molecule has 0 fully saturated rings. The van der Waals surface area contributed by atoms with Gasteiger partial charge in [-0.1, -0.05) is 24.3 Å². The Morgan fingerprint density at radius 1 is 1.31 bits per heavy atom.